The lowest BCUT2D eigenvalue weighted by molar-refractivity contribution is 0.0968. The molecule has 1 fully saturated rings. The molecule has 2 rings (SSSR count). The van der Waals surface area contributed by atoms with E-state index in [1.165, 1.54) is 6.42 Å². The number of Topliss-reactive ketones (excluding diaryl/α,β-unsaturated/α-hetero) is 1. The van der Waals surface area contributed by atoms with Gasteiger partial charge in [0.1, 0.15) is 0 Å². The molecule has 110 valence electrons. The summed E-state index contributed by atoms with van der Waals surface area (Å²) in [6, 6.07) is 6.03. The summed E-state index contributed by atoms with van der Waals surface area (Å²) in [5, 5.41) is 0.525. The van der Waals surface area contributed by atoms with Gasteiger partial charge in [-0.15, -0.1) is 0 Å². The molecule has 0 spiro atoms. The lowest BCUT2D eigenvalue weighted by Crippen LogP contribution is -2.32. The van der Waals surface area contributed by atoms with E-state index in [0.29, 0.717) is 23.0 Å². The second-order valence-electron chi connectivity index (χ2n) is 5.50. The monoisotopic (exact) mass is 358 g/mol. The second kappa shape index (κ2) is 7.03. The number of benzene rings is 1. The maximum absolute atomic E-state index is 12.2. The summed E-state index contributed by atoms with van der Waals surface area (Å²) in [5.74, 6) is 0.121. The van der Waals surface area contributed by atoms with Crippen LogP contribution in [0.2, 0.25) is 5.02 Å². The van der Waals surface area contributed by atoms with Crippen LogP contribution >= 0.6 is 27.5 Å². The van der Waals surface area contributed by atoms with Crippen LogP contribution in [0.25, 0.3) is 0 Å². The number of carbonyl (C=O) groups is 1. The molecule has 3 nitrogen and oxygen atoms in total. The number of hydrogen-bond donors (Lipinski definition) is 0. The standard InChI is InChI=1S/C15H20BrClN2O/c1-18(2)12-5-7-19(10-12)8-6-15(20)13-4-3-11(16)9-14(13)17/h3-4,9,12H,5-8,10H2,1-2H3. The molecule has 0 radical (unpaired) electrons. The van der Waals surface area contributed by atoms with Gasteiger partial charge in [0.05, 0.1) is 5.02 Å². The molecule has 1 aromatic carbocycles. The first-order valence-corrected chi connectivity index (χ1v) is 8.01. The number of carbonyl (C=O) groups excluding carboxylic acids is 1. The maximum Gasteiger partial charge on any atom is 0.165 e. The third kappa shape index (κ3) is 4.04. The normalized spacial score (nSPS) is 19.8. The molecule has 1 aliphatic heterocycles. The number of hydrogen-bond acceptors (Lipinski definition) is 3. The van der Waals surface area contributed by atoms with Gasteiger partial charge in [-0.2, -0.15) is 0 Å². The molecule has 1 unspecified atom stereocenters. The Bertz CT molecular complexity index is 493. The van der Waals surface area contributed by atoms with E-state index in [9.17, 15) is 4.79 Å². The smallest absolute Gasteiger partial charge is 0.165 e. The fourth-order valence-corrected chi connectivity index (χ4v) is 3.33. The molecule has 1 heterocycles. The Morgan fingerprint density at radius 3 is 2.85 bits per heavy atom. The van der Waals surface area contributed by atoms with E-state index in [1.807, 2.05) is 6.07 Å². The Labute approximate surface area is 134 Å². The number of likely N-dealkylation sites (N-methyl/N-ethyl adjacent to an activating group) is 1. The average molecular weight is 360 g/mol. The van der Waals surface area contributed by atoms with Crippen LogP contribution in [0.1, 0.15) is 23.2 Å². The van der Waals surface area contributed by atoms with Crippen LogP contribution < -0.4 is 0 Å². The predicted molar refractivity (Wildman–Crippen MR) is 86.6 cm³/mol. The minimum atomic E-state index is 0.121. The lowest BCUT2D eigenvalue weighted by Gasteiger charge is -2.20. The molecule has 1 atom stereocenters. The first-order valence-electron chi connectivity index (χ1n) is 6.84. The van der Waals surface area contributed by atoms with Crippen molar-refractivity contribution in [2.45, 2.75) is 18.9 Å². The van der Waals surface area contributed by atoms with E-state index < -0.39 is 0 Å². The summed E-state index contributed by atoms with van der Waals surface area (Å²) in [4.78, 5) is 16.8. The molecule has 20 heavy (non-hydrogen) atoms. The molecular formula is C15H20BrClN2O. The minimum Gasteiger partial charge on any atom is -0.305 e. The molecule has 0 bridgehead atoms. The molecule has 5 heteroatoms. The highest BCUT2D eigenvalue weighted by atomic mass is 79.9. The van der Waals surface area contributed by atoms with Gasteiger partial charge in [0.15, 0.2) is 5.78 Å². The SMILES string of the molecule is CN(C)C1CCN(CCC(=O)c2ccc(Br)cc2Cl)C1. The van der Waals surface area contributed by atoms with Gasteiger partial charge in [0, 0.05) is 35.6 Å². The van der Waals surface area contributed by atoms with Gasteiger partial charge < -0.3 is 9.80 Å². The highest BCUT2D eigenvalue weighted by Crippen LogP contribution is 2.23. The zero-order chi connectivity index (χ0) is 14.7. The minimum absolute atomic E-state index is 0.121. The number of ketones is 1. The lowest BCUT2D eigenvalue weighted by atomic mass is 10.1. The van der Waals surface area contributed by atoms with Crippen molar-refractivity contribution in [1.29, 1.82) is 0 Å². The summed E-state index contributed by atoms with van der Waals surface area (Å²) in [6.45, 7) is 2.94. The second-order valence-corrected chi connectivity index (χ2v) is 6.83. The summed E-state index contributed by atoms with van der Waals surface area (Å²) in [6.07, 6.45) is 1.71. The van der Waals surface area contributed by atoms with Crippen molar-refractivity contribution in [3.63, 3.8) is 0 Å². The van der Waals surface area contributed by atoms with Crippen molar-refractivity contribution < 1.29 is 4.79 Å². The molecule has 0 amide bonds. The summed E-state index contributed by atoms with van der Waals surface area (Å²) in [5.41, 5.74) is 0.623. The van der Waals surface area contributed by atoms with Gasteiger partial charge >= 0.3 is 0 Å². The Morgan fingerprint density at radius 2 is 2.25 bits per heavy atom. The Hall–Kier alpha value is -0.420. The molecular weight excluding hydrogens is 340 g/mol. The number of nitrogens with zero attached hydrogens (tertiary/aromatic N) is 2. The molecule has 1 saturated heterocycles. The van der Waals surface area contributed by atoms with Gasteiger partial charge in [-0.3, -0.25) is 4.79 Å². The van der Waals surface area contributed by atoms with Crippen molar-refractivity contribution in [3.8, 4) is 0 Å². The van der Waals surface area contributed by atoms with Crippen LogP contribution in [-0.4, -0.2) is 55.4 Å². The van der Waals surface area contributed by atoms with E-state index in [0.717, 1.165) is 24.1 Å². The van der Waals surface area contributed by atoms with E-state index in [1.54, 1.807) is 12.1 Å². The summed E-state index contributed by atoms with van der Waals surface area (Å²) >= 11 is 9.46. The average Bonchev–Trinajstić information content (AvgIpc) is 2.85. The van der Waals surface area contributed by atoms with E-state index in [4.69, 9.17) is 11.6 Å². The van der Waals surface area contributed by atoms with Crippen molar-refractivity contribution in [1.82, 2.24) is 9.80 Å². The van der Waals surface area contributed by atoms with Crippen LogP contribution in [0.15, 0.2) is 22.7 Å². The highest BCUT2D eigenvalue weighted by Gasteiger charge is 2.24. The summed E-state index contributed by atoms with van der Waals surface area (Å²) in [7, 11) is 4.22. The quantitative estimate of drug-likeness (QED) is 0.754. The zero-order valence-corrected chi connectivity index (χ0v) is 14.2. The van der Waals surface area contributed by atoms with Gasteiger partial charge in [-0.05, 0) is 45.3 Å². The maximum atomic E-state index is 12.2. The molecule has 1 aromatic rings. The van der Waals surface area contributed by atoms with Crippen LogP contribution in [0.4, 0.5) is 0 Å². The molecule has 0 N–H and O–H groups in total. The topological polar surface area (TPSA) is 23.6 Å². The summed E-state index contributed by atoms with van der Waals surface area (Å²) < 4.78 is 0.896. The van der Waals surface area contributed by atoms with Gasteiger partial charge in [-0.1, -0.05) is 27.5 Å². The van der Waals surface area contributed by atoms with Crippen molar-refractivity contribution in [2.24, 2.45) is 0 Å². The Kier molecular flexibility index (Phi) is 5.61. The molecule has 0 aromatic heterocycles. The van der Waals surface area contributed by atoms with Gasteiger partial charge in [0.25, 0.3) is 0 Å². The Balaban J connectivity index is 1.87. The largest absolute Gasteiger partial charge is 0.305 e. The van der Waals surface area contributed by atoms with Crippen LogP contribution in [0.5, 0.6) is 0 Å². The third-order valence-electron chi connectivity index (χ3n) is 3.86. The van der Waals surface area contributed by atoms with Crippen molar-refractivity contribution >= 4 is 33.3 Å². The third-order valence-corrected chi connectivity index (χ3v) is 4.67. The molecule has 0 saturated carbocycles. The first-order chi connectivity index (χ1) is 9.47. The Morgan fingerprint density at radius 1 is 1.50 bits per heavy atom. The number of halogens is 2. The van der Waals surface area contributed by atoms with Crippen molar-refractivity contribution in [3.05, 3.63) is 33.3 Å². The van der Waals surface area contributed by atoms with E-state index in [2.05, 4.69) is 39.8 Å². The highest BCUT2D eigenvalue weighted by molar-refractivity contribution is 9.10. The number of rotatable bonds is 5. The number of likely N-dealkylation sites (tertiary alicyclic amines) is 1. The molecule has 0 aliphatic carbocycles. The zero-order valence-electron chi connectivity index (χ0n) is 11.9. The van der Waals surface area contributed by atoms with Crippen molar-refractivity contribution in [2.75, 3.05) is 33.7 Å². The first kappa shape index (κ1) is 16.0. The fourth-order valence-electron chi connectivity index (χ4n) is 2.55. The van der Waals surface area contributed by atoms with Gasteiger partial charge in [0.2, 0.25) is 0 Å². The van der Waals surface area contributed by atoms with E-state index in [-0.39, 0.29) is 5.78 Å². The van der Waals surface area contributed by atoms with Crippen LogP contribution in [0.3, 0.4) is 0 Å². The predicted octanol–water partition coefficient (Wildman–Crippen LogP) is 3.31. The van der Waals surface area contributed by atoms with Crippen LogP contribution in [0, 0.1) is 0 Å². The van der Waals surface area contributed by atoms with Gasteiger partial charge in [-0.25, -0.2) is 0 Å². The fraction of sp³-hybridized carbons (Fsp3) is 0.533. The van der Waals surface area contributed by atoms with E-state index >= 15 is 0 Å². The van der Waals surface area contributed by atoms with Crippen LogP contribution in [-0.2, 0) is 0 Å². The molecule has 1 aliphatic rings.